The van der Waals surface area contributed by atoms with Crippen LogP contribution in [0, 0.1) is 0 Å². The van der Waals surface area contributed by atoms with Crippen molar-refractivity contribution in [3.63, 3.8) is 0 Å². The molecular formula is C22H36IN5O. The van der Waals surface area contributed by atoms with Gasteiger partial charge < -0.3 is 15.5 Å². The van der Waals surface area contributed by atoms with Crippen molar-refractivity contribution in [1.29, 1.82) is 0 Å². The normalized spacial score (nSPS) is 20.5. The molecule has 1 aromatic carbocycles. The SMILES string of the molecule is CCC1CCCCN1CCNC(=NC)NCc1ccc(N2CCCC2=O)cc1.I. The zero-order valence-electron chi connectivity index (χ0n) is 17.8. The van der Waals surface area contributed by atoms with Crippen molar-refractivity contribution in [2.45, 2.75) is 58.0 Å². The number of hydrogen-bond donors (Lipinski definition) is 2. The number of benzene rings is 1. The summed E-state index contributed by atoms with van der Waals surface area (Å²) in [7, 11) is 1.81. The summed E-state index contributed by atoms with van der Waals surface area (Å²) in [6.45, 7) is 7.04. The number of halogens is 1. The van der Waals surface area contributed by atoms with Crippen molar-refractivity contribution < 1.29 is 4.79 Å². The number of nitrogens with one attached hydrogen (secondary N) is 2. The van der Waals surface area contributed by atoms with Crippen LogP contribution < -0.4 is 15.5 Å². The molecule has 2 fully saturated rings. The van der Waals surface area contributed by atoms with Crippen LogP contribution in [-0.4, -0.2) is 56.0 Å². The standard InChI is InChI=1S/C22H35N5O.HI/c1-3-19-7-4-5-14-26(19)16-13-24-22(23-2)25-17-18-9-11-20(12-10-18)27-15-6-8-21(27)28;/h9-12,19H,3-8,13-17H2,1-2H3,(H2,23,24,25);1H. The van der Waals surface area contributed by atoms with Gasteiger partial charge in [-0.3, -0.25) is 14.7 Å². The first kappa shape index (κ1) is 23.9. The fourth-order valence-corrected chi connectivity index (χ4v) is 4.26. The van der Waals surface area contributed by atoms with E-state index in [2.05, 4.69) is 39.6 Å². The third-order valence-electron chi connectivity index (χ3n) is 5.92. The average molecular weight is 513 g/mol. The molecule has 0 radical (unpaired) electrons. The van der Waals surface area contributed by atoms with Crippen molar-refractivity contribution >= 4 is 41.5 Å². The van der Waals surface area contributed by atoms with E-state index in [4.69, 9.17) is 0 Å². The summed E-state index contributed by atoms with van der Waals surface area (Å²) >= 11 is 0. The van der Waals surface area contributed by atoms with E-state index >= 15 is 0 Å². The highest BCUT2D eigenvalue weighted by Gasteiger charge is 2.21. The molecule has 0 saturated carbocycles. The van der Waals surface area contributed by atoms with Gasteiger partial charge in [0.1, 0.15) is 0 Å². The van der Waals surface area contributed by atoms with Gasteiger partial charge >= 0.3 is 0 Å². The van der Waals surface area contributed by atoms with Crippen molar-refractivity contribution in [2.75, 3.05) is 38.1 Å². The first-order chi connectivity index (χ1) is 13.7. The number of carbonyl (C=O) groups is 1. The van der Waals surface area contributed by atoms with Crippen LogP contribution in [0.25, 0.3) is 0 Å². The van der Waals surface area contributed by atoms with E-state index in [1.807, 2.05) is 24.1 Å². The van der Waals surface area contributed by atoms with Crippen molar-refractivity contribution in [1.82, 2.24) is 15.5 Å². The van der Waals surface area contributed by atoms with Crippen molar-refractivity contribution in [3.05, 3.63) is 29.8 Å². The fourth-order valence-electron chi connectivity index (χ4n) is 4.26. The van der Waals surface area contributed by atoms with Gasteiger partial charge in [-0.25, -0.2) is 0 Å². The molecule has 0 bridgehead atoms. The molecule has 2 heterocycles. The molecule has 7 heteroatoms. The molecule has 0 aromatic heterocycles. The lowest BCUT2D eigenvalue weighted by molar-refractivity contribution is -0.117. The highest BCUT2D eigenvalue weighted by Crippen LogP contribution is 2.21. The number of rotatable bonds is 7. The van der Waals surface area contributed by atoms with E-state index in [0.29, 0.717) is 6.42 Å². The minimum absolute atomic E-state index is 0. The molecule has 2 N–H and O–H groups in total. The minimum Gasteiger partial charge on any atom is -0.355 e. The zero-order chi connectivity index (χ0) is 19.8. The number of amides is 1. The summed E-state index contributed by atoms with van der Waals surface area (Å²) < 4.78 is 0. The molecule has 3 rings (SSSR count). The highest BCUT2D eigenvalue weighted by atomic mass is 127. The van der Waals surface area contributed by atoms with Gasteiger partial charge in [-0.2, -0.15) is 0 Å². The number of guanidine groups is 1. The number of carbonyl (C=O) groups excluding carboxylic acids is 1. The second-order valence-corrected chi connectivity index (χ2v) is 7.76. The van der Waals surface area contributed by atoms with Crippen LogP contribution in [0.3, 0.4) is 0 Å². The molecule has 6 nitrogen and oxygen atoms in total. The third kappa shape index (κ3) is 6.84. The Bertz CT molecular complexity index is 664. The number of anilines is 1. The maximum absolute atomic E-state index is 11.9. The predicted octanol–water partition coefficient (Wildman–Crippen LogP) is 3.36. The van der Waals surface area contributed by atoms with Gasteiger partial charge in [-0.05, 0) is 49.9 Å². The monoisotopic (exact) mass is 513 g/mol. The van der Waals surface area contributed by atoms with Crippen molar-refractivity contribution in [3.8, 4) is 0 Å². The summed E-state index contributed by atoms with van der Waals surface area (Å²) in [6.07, 6.45) is 6.90. The van der Waals surface area contributed by atoms with E-state index in [1.165, 1.54) is 37.8 Å². The van der Waals surface area contributed by atoms with Crippen LogP contribution in [0.2, 0.25) is 0 Å². The Balaban J connectivity index is 0.00000300. The zero-order valence-corrected chi connectivity index (χ0v) is 20.2. The summed E-state index contributed by atoms with van der Waals surface area (Å²) in [4.78, 5) is 20.7. The molecule has 2 aliphatic heterocycles. The van der Waals surface area contributed by atoms with E-state index in [-0.39, 0.29) is 29.9 Å². The first-order valence-corrected chi connectivity index (χ1v) is 10.8. The molecule has 29 heavy (non-hydrogen) atoms. The molecule has 1 amide bonds. The second-order valence-electron chi connectivity index (χ2n) is 7.76. The van der Waals surface area contributed by atoms with E-state index in [0.717, 1.165) is 50.3 Å². The number of aliphatic imine (C=N–C) groups is 1. The highest BCUT2D eigenvalue weighted by molar-refractivity contribution is 14.0. The minimum atomic E-state index is 0. The summed E-state index contributed by atoms with van der Waals surface area (Å²) in [5.74, 6) is 1.07. The average Bonchev–Trinajstić information content (AvgIpc) is 3.17. The van der Waals surface area contributed by atoms with Crippen LogP contribution >= 0.6 is 24.0 Å². The second kappa shape index (κ2) is 12.4. The first-order valence-electron chi connectivity index (χ1n) is 10.8. The van der Waals surface area contributed by atoms with Gasteiger partial charge in [0, 0.05) is 51.4 Å². The number of piperidine rings is 1. The summed E-state index contributed by atoms with van der Waals surface area (Å²) in [5.41, 5.74) is 2.18. The quantitative estimate of drug-likeness (QED) is 0.334. The Kier molecular flexibility index (Phi) is 10.2. The Morgan fingerprint density at radius 2 is 1.93 bits per heavy atom. The third-order valence-corrected chi connectivity index (χ3v) is 5.92. The molecule has 2 saturated heterocycles. The maximum atomic E-state index is 11.9. The molecule has 1 unspecified atom stereocenters. The van der Waals surface area contributed by atoms with E-state index in [9.17, 15) is 4.79 Å². The van der Waals surface area contributed by atoms with E-state index < -0.39 is 0 Å². The predicted molar refractivity (Wildman–Crippen MR) is 131 cm³/mol. The van der Waals surface area contributed by atoms with Gasteiger partial charge in [-0.15, -0.1) is 24.0 Å². The van der Waals surface area contributed by atoms with Gasteiger partial charge in [0.25, 0.3) is 0 Å². The topological polar surface area (TPSA) is 60.0 Å². The smallest absolute Gasteiger partial charge is 0.227 e. The molecule has 1 atom stereocenters. The van der Waals surface area contributed by atoms with Crippen LogP contribution in [0.15, 0.2) is 29.3 Å². The molecule has 0 aliphatic carbocycles. The lowest BCUT2D eigenvalue weighted by atomic mass is 10.0. The molecule has 1 aromatic rings. The largest absolute Gasteiger partial charge is 0.355 e. The van der Waals surface area contributed by atoms with Crippen molar-refractivity contribution in [2.24, 2.45) is 4.99 Å². The number of nitrogens with zero attached hydrogens (tertiary/aromatic N) is 3. The molecular weight excluding hydrogens is 477 g/mol. The fraction of sp³-hybridized carbons (Fsp3) is 0.636. The molecule has 2 aliphatic rings. The number of likely N-dealkylation sites (tertiary alicyclic amines) is 1. The number of hydrogen-bond acceptors (Lipinski definition) is 3. The molecule has 162 valence electrons. The summed E-state index contributed by atoms with van der Waals surface area (Å²) in [5, 5.41) is 6.82. The van der Waals surface area contributed by atoms with Crippen LogP contribution in [-0.2, 0) is 11.3 Å². The van der Waals surface area contributed by atoms with Crippen LogP contribution in [0.4, 0.5) is 5.69 Å². The maximum Gasteiger partial charge on any atom is 0.227 e. The Morgan fingerprint density at radius 3 is 2.59 bits per heavy atom. The van der Waals surface area contributed by atoms with Gasteiger partial charge in [0.2, 0.25) is 5.91 Å². The van der Waals surface area contributed by atoms with Crippen LogP contribution in [0.1, 0.15) is 51.0 Å². The lowest BCUT2D eigenvalue weighted by Gasteiger charge is -2.35. The molecule has 0 spiro atoms. The Labute approximate surface area is 192 Å². The van der Waals surface area contributed by atoms with Gasteiger partial charge in [0.05, 0.1) is 0 Å². The van der Waals surface area contributed by atoms with Gasteiger partial charge in [0.15, 0.2) is 5.96 Å². The van der Waals surface area contributed by atoms with E-state index in [1.54, 1.807) is 0 Å². The Hall–Kier alpha value is -1.35. The van der Waals surface area contributed by atoms with Gasteiger partial charge in [-0.1, -0.05) is 25.5 Å². The van der Waals surface area contributed by atoms with Crippen LogP contribution in [0.5, 0.6) is 0 Å². The lowest BCUT2D eigenvalue weighted by Crippen LogP contribution is -2.45. The Morgan fingerprint density at radius 1 is 1.14 bits per heavy atom. The summed E-state index contributed by atoms with van der Waals surface area (Å²) in [6, 6.07) is 8.99.